The number of aromatic nitrogens is 1. The highest BCUT2D eigenvalue weighted by atomic mass is 16.5. The number of nitrogens with zero attached hydrogens (tertiary/aromatic N) is 1. The van der Waals surface area contributed by atoms with Gasteiger partial charge in [-0.1, -0.05) is 0 Å². The fraction of sp³-hybridized carbons (Fsp3) is 0.500. The van der Waals surface area contributed by atoms with Crippen molar-refractivity contribution in [2.24, 2.45) is 0 Å². The van der Waals surface area contributed by atoms with Crippen LogP contribution in [0.1, 0.15) is 17.4 Å². The first kappa shape index (κ1) is 15.2. The van der Waals surface area contributed by atoms with E-state index in [-0.39, 0.29) is 0 Å². The number of rotatable bonds is 7. The first-order valence-corrected chi connectivity index (χ1v) is 5.83. The van der Waals surface area contributed by atoms with Crippen LogP contribution >= 0.6 is 0 Å². The minimum Gasteiger partial charge on any atom is -0.480 e. The molecule has 0 aliphatic rings. The molecule has 0 bridgehead atoms. The number of nitrogens with one attached hydrogen (secondary N) is 1. The number of hydrogen-bond donors (Lipinski definition) is 3. The third-order valence-electron chi connectivity index (χ3n) is 2.63. The molecule has 2 atom stereocenters. The molecule has 1 aromatic heterocycles. The molecule has 106 valence electrons. The SMILES string of the molecule is COCCn1cccc1C(=O)NC(C(=O)O)C(C)O. The summed E-state index contributed by atoms with van der Waals surface area (Å²) in [5.74, 6) is -1.83. The van der Waals surface area contributed by atoms with E-state index < -0.39 is 24.0 Å². The Hall–Kier alpha value is -1.86. The Bertz CT molecular complexity index is 441. The molecule has 0 saturated carbocycles. The molecule has 0 aromatic carbocycles. The maximum atomic E-state index is 12.0. The van der Waals surface area contributed by atoms with Crippen molar-refractivity contribution in [1.29, 1.82) is 0 Å². The average molecular weight is 270 g/mol. The number of ether oxygens (including phenoxy) is 1. The number of aliphatic hydroxyl groups excluding tert-OH is 1. The quantitative estimate of drug-likeness (QED) is 0.631. The lowest BCUT2D eigenvalue weighted by Gasteiger charge is -2.17. The molecule has 0 saturated heterocycles. The molecule has 2 unspecified atom stereocenters. The maximum Gasteiger partial charge on any atom is 0.328 e. The van der Waals surface area contributed by atoms with Crippen LogP contribution in [0.5, 0.6) is 0 Å². The molecule has 0 aliphatic carbocycles. The fourth-order valence-electron chi connectivity index (χ4n) is 1.61. The van der Waals surface area contributed by atoms with Gasteiger partial charge in [0.2, 0.25) is 0 Å². The van der Waals surface area contributed by atoms with E-state index in [2.05, 4.69) is 5.32 Å². The second kappa shape index (κ2) is 6.91. The van der Waals surface area contributed by atoms with Gasteiger partial charge in [-0.15, -0.1) is 0 Å². The number of amides is 1. The van der Waals surface area contributed by atoms with Crippen molar-refractivity contribution >= 4 is 11.9 Å². The minimum absolute atomic E-state index is 0.323. The van der Waals surface area contributed by atoms with Crippen molar-refractivity contribution in [2.75, 3.05) is 13.7 Å². The predicted octanol–water partition coefficient (Wildman–Crippen LogP) is -0.302. The van der Waals surface area contributed by atoms with Crippen LogP contribution in [0.4, 0.5) is 0 Å². The van der Waals surface area contributed by atoms with Crippen LogP contribution in [0.2, 0.25) is 0 Å². The second-order valence-corrected chi connectivity index (χ2v) is 4.11. The number of hydrogen-bond acceptors (Lipinski definition) is 4. The van der Waals surface area contributed by atoms with Crippen molar-refractivity contribution in [2.45, 2.75) is 25.6 Å². The highest BCUT2D eigenvalue weighted by Gasteiger charge is 2.26. The number of carbonyl (C=O) groups excluding carboxylic acids is 1. The first-order valence-electron chi connectivity index (χ1n) is 5.83. The summed E-state index contributed by atoms with van der Waals surface area (Å²) in [6.07, 6.45) is 0.523. The first-order chi connectivity index (χ1) is 8.97. The summed E-state index contributed by atoms with van der Waals surface area (Å²) in [6.45, 7) is 2.23. The summed E-state index contributed by atoms with van der Waals surface area (Å²) in [7, 11) is 1.55. The normalized spacial score (nSPS) is 13.8. The van der Waals surface area contributed by atoms with Gasteiger partial charge in [0.25, 0.3) is 5.91 Å². The summed E-state index contributed by atoms with van der Waals surface area (Å²) >= 11 is 0. The van der Waals surface area contributed by atoms with Crippen molar-refractivity contribution < 1.29 is 24.5 Å². The predicted molar refractivity (Wildman–Crippen MR) is 66.9 cm³/mol. The van der Waals surface area contributed by atoms with Crippen molar-refractivity contribution in [3.05, 3.63) is 24.0 Å². The van der Waals surface area contributed by atoms with Gasteiger partial charge in [-0.3, -0.25) is 4.79 Å². The van der Waals surface area contributed by atoms with E-state index in [4.69, 9.17) is 9.84 Å². The van der Waals surface area contributed by atoms with Gasteiger partial charge in [0.15, 0.2) is 6.04 Å². The number of aliphatic carboxylic acids is 1. The van der Waals surface area contributed by atoms with Crippen LogP contribution in [0, 0.1) is 0 Å². The molecule has 19 heavy (non-hydrogen) atoms. The molecule has 1 heterocycles. The lowest BCUT2D eigenvalue weighted by molar-refractivity contribution is -0.141. The van der Waals surface area contributed by atoms with Gasteiger partial charge in [-0.25, -0.2) is 4.79 Å². The number of methoxy groups -OCH3 is 1. The lowest BCUT2D eigenvalue weighted by atomic mass is 10.2. The lowest BCUT2D eigenvalue weighted by Crippen LogP contribution is -2.48. The summed E-state index contributed by atoms with van der Waals surface area (Å²) in [6, 6.07) is 1.92. The van der Waals surface area contributed by atoms with Gasteiger partial charge in [-0.2, -0.15) is 0 Å². The van der Waals surface area contributed by atoms with Gasteiger partial charge in [0, 0.05) is 19.9 Å². The Kier molecular flexibility index (Phi) is 5.53. The van der Waals surface area contributed by atoms with E-state index in [0.717, 1.165) is 0 Å². The molecule has 0 aliphatic heterocycles. The van der Waals surface area contributed by atoms with Crippen LogP contribution in [-0.4, -0.2) is 52.5 Å². The number of carboxylic acids is 1. The molecule has 1 rings (SSSR count). The number of carboxylic acid groups (broad SMARTS) is 1. The zero-order chi connectivity index (χ0) is 14.4. The number of carbonyl (C=O) groups is 2. The zero-order valence-corrected chi connectivity index (χ0v) is 10.9. The molecule has 3 N–H and O–H groups in total. The van der Waals surface area contributed by atoms with Gasteiger partial charge >= 0.3 is 5.97 Å². The summed E-state index contributed by atoms with van der Waals surface area (Å²) in [5, 5.41) is 20.5. The standard InChI is InChI=1S/C12H18N2O5/c1-8(15)10(12(17)18)13-11(16)9-4-3-5-14(9)6-7-19-2/h3-5,8,10,15H,6-7H2,1-2H3,(H,13,16)(H,17,18). The van der Waals surface area contributed by atoms with Gasteiger partial charge < -0.3 is 24.8 Å². The zero-order valence-electron chi connectivity index (χ0n) is 10.9. The Morgan fingerprint density at radius 3 is 2.74 bits per heavy atom. The smallest absolute Gasteiger partial charge is 0.328 e. The third-order valence-corrected chi connectivity index (χ3v) is 2.63. The van der Waals surface area contributed by atoms with Crippen LogP contribution in [-0.2, 0) is 16.1 Å². The van der Waals surface area contributed by atoms with E-state index in [1.807, 2.05) is 0 Å². The molecular formula is C12H18N2O5. The Balaban J connectivity index is 2.77. The van der Waals surface area contributed by atoms with Crippen molar-refractivity contribution in [1.82, 2.24) is 9.88 Å². The van der Waals surface area contributed by atoms with Crippen LogP contribution < -0.4 is 5.32 Å². The van der Waals surface area contributed by atoms with Crippen LogP contribution in [0.3, 0.4) is 0 Å². The van der Waals surface area contributed by atoms with Gasteiger partial charge in [0.05, 0.1) is 12.7 Å². The summed E-state index contributed by atoms with van der Waals surface area (Å²) in [4.78, 5) is 22.9. The monoisotopic (exact) mass is 270 g/mol. The molecule has 7 nitrogen and oxygen atoms in total. The molecule has 0 spiro atoms. The van der Waals surface area contributed by atoms with E-state index in [1.54, 1.807) is 30.0 Å². The fourth-order valence-corrected chi connectivity index (χ4v) is 1.61. The minimum atomic E-state index is -1.33. The van der Waals surface area contributed by atoms with Crippen molar-refractivity contribution in [3.63, 3.8) is 0 Å². The molecule has 0 radical (unpaired) electrons. The van der Waals surface area contributed by atoms with E-state index in [9.17, 15) is 14.7 Å². The van der Waals surface area contributed by atoms with Crippen LogP contribution in [0.15, 0.2) is 18.3 Å². The maximum absolute atomic E-state index is 12.0. The Morgan fingerprint density at radius 2 is 2.21 bits per heavy atom. The summed E-state index contributed by atoms with van der Waals surface area (Å²) in [5.41, 5.74) is 0.323. The Morgan fingerprint density at radius 1 is 1.53 bits per heavy atom. The van der Waals surface area contributed by atoms with Crippen LogP contribution in [0.25, 0.3) is 0 Å². The number of aliphatic hydroxyl groups is 1. The average Bonchev–Trinajstić information content (AvgIpc) is 2.80. The van der Waals surface area contributed by atoms with E-state index >= 15 is 0 Å². The second-order valence-electron chi connectivity index (χ2n) is 4.11. The van der Waals surface area contributed by atoms with Gasteiger partial charge in [-0.05, 0) is 19.1 Å². The van der Waals surface area contributed by atoms with Gasteiger partial charge in [0.1, 0.15) is 5.69 Å². The van der Waals surface area contributed by atoms with Crippen molar-refractivity contribution in [3.8, 4) is 0 Å². The summed E-state index contributed by atoms with van der Waals surface area (Å²) < 4.78 is 6.57. The van der Waals surface area contributed by atoms with E-state index in [1.165, 1.54) is 6.92 Å². The molecule has 7 heteroatoms. The highest BCUT2D eigenvalue weighted by Crippen LogP contribution is 2.04. The van der Waals surface area contributed by atoms with E-state index in [0.29, 0.717) is 18.8 Å². The topological polar surface area (TPSA) is 101 Å². The molecule has 0 fully saturated rings. The third kappa shape index (κ3) is 4.08. The molecular weight excluding hydrogens is 252 g/mol. The molecule has 1 aromatic rings. The molecule has 1 amide bonds. The Labute approximate surface area is 110 Å². The highest BCUT2D eigenvalue weighted by molar-refractivity contribution is 5.95. The largest absolute Gasteiger partial charge is 0.480 e.